The molecule has 14 heavy (non-hydrogen) atoms. The van der Waals surface area contributed by atoms with Gasteiger partial charge in [0.1, 0.15) is 5.82 Å². The molecule has 0 radical (unpaired) electrons. The van der Waals surface area contributed by atoms with Crippen LogP contribution in [-0.4, -0.2) is 19.4 Å². The van der Waals surface area contributed by atoms with Gasteiger partial charge >= 0.3 is 5.97 Å². The van der Waals surface area contributed by atoms with E-state index >= 15 is 0 Å². The van der Waals surface area contributed by atoms with Gasteiger partial charge in [-0.25, -0.2) is 9.18 Å². The molecular formula is C10H9FO3. The fourth-order valence-corrected chi connectivity index (χ4v) is 1.18. The van der Waals surface area contributed by atoms with Crippen LogP contribution in [0.25, 0.3) is 0 Å². The van der Waals surface area contributed by atoms with Gasteiger partial charge in [0.05, 0.1) is 12.7 Å². The van der Waals surface area contributed by atoms with Crippen LogP contribution >= 0.6 is 0 Å². The molecule has 1 rings (SSSR count). The van der Waals surface area contributed by atoms with Crippen molar-refractivity contribution < 1.29 is 18.7 Å². The van der Waals surface area contributed by atoms with Crippen molar-refractivity contribution in [1.29, 1.82) is 0 Å². The van der Waals surface area contributed by atoms with E-state index in [1.54, 1.807) is 0 Å². The average Bonchev–Trinajstić information content (AvgIpc) is 2.20. The monoisotopic (exact) mass is 196 g/mol. The topological polar surface area (TPSA) is 43.4 Å². The highest BCUT2D eigenvalue weighted by Gasteiger charge is 2.17. The van der Waals surface area contributed by atoms with E-state index in [4.69, 9.17) is 0 Å². The Hall–Kier alpha value is -1.71. The Kier molecular flexibility index (Phi) is 2.96. The molecule has 0 bridgehead atoms. The minimum Gasteiger partial charge on any atom is -0.465 e. The van der Waals surface area contributed by atoms with E-state index in [-0.39, 0.29) is 16.7 Å². The van der Waals surface area contributed by atoms with Crippen molar-refractivity contribution in [2.75, 3.05) is 7.11 Å². The molecule has 0 saturated carbocycles. The van der Waals surface area contributed by atoms with E-state index in [1.165, 1.54) is 20.1 Å². The minimum absolute atomic E-state index is 0.0116. The van der Waals surface area contributed by atoms with Crippen molar-refractivity contribution in [3.05, 3.63) is 34.6 Å². The van der Waals surface area contributed by atoms with E-state index in [1.807, 2.05) is 0 Å². The Morgan fingerprint density at radius 3 is 2.64 bits per heavy atom. The van der Waals surface area contributed by atoms with Gasteiger partial charge in [-0.15, -0.1) is 0 Å². The summed E-state index contributed by atoms with van der Waals surface area (Å²) in [7, 11) is 1.18. The quantitative estimate of drug-likeness (QED) is 0.534. The Morgan fingerprint density at radius 1 is 1.50 bits per heavy atom. The van der Waals surface area contributed by atoms with Crippen LogP contribution in [0, 0.1) is 12.7 Å². The van der Waals surface area contributed by atoms with Gasteiger partial charge in [-0.05, 0) is 24.6 Å². The third-order valence-corrected chi connectivity index (χ3v) is 1.95. The molecule has 0 atom stereocenters. The lowest BCUT2D eigenvalue weighted by atomic mass is 10.0. The van der Waals surface area contributed by atoms with Crippen LogP contribution in [0.15, 0.2) is 12.1 Å². The number of hydrogen-bond acceptors (Lipinski definition) is 3. The van der Waals surface area contributed by atoms with Gasteiger partial charge in [-0.1, -0.05) is 0 Å². The van der Waals surface area contributed by atoms with Crippen LogP contribution in [0.5, 0.6) is 0 Å². The first-order valence-electron chi connectivity index (χ1n) is 3.94. The number of aldehydes is 1. The summed E-state index contributed by atoms with van der Waals surface area (Å²) in [5.74, 6) is -1.24. The van der Waals surface area contributed by atoms with Crippen LogP contribution < -0.4 is 0 Å². The van der Waals surface area contributed by atoms with Crippen LogP contribution in [0.3, 0.4) is 0 Å². The minimum atomic E-state index is -0.705. The van der Waals surface area contributed by atoms with Gasteiger partial charge in [0.15, 0.2) is 6.29 Å². The standard InChI is InChI=1S/C10H9FO3/c1-6-8(11)4-3-7(5-12)9(6)10(13)14-2/h3-5H,1-2H3. The second-order valence-electron chi connectivity index (χ2n) is 2.75. The fourth-order valence-electron chi connectivity index (χ4n) is 1.18. The van der Waals surface area contributed by atoms with Gasteiger partial charge in [-0.3, -0.25) is 4.79 Å². The van der Waals surface area contributed by atoms with Crippen molar-refractivity contribution in [3.8, 4) is 0 Å². The number of carbonyl (C=O) groups is 2. The molecule has 0 amide bonds. The van der Waals surface area contributed by atoms with Crippen LogP contribution in [0.2, 0.25) is 0 Å². The molecule has 0 aliphatic heterocycles. The van der Waals surface area contributed by atoms with Crippen molar-refractivity contribution in [2.24, 2.45) is 0 Å². The molecule has 0 spiro atoms. The summed E-state index contributed by atoms with van der Waals surface area (Å²) in [4.78, 5) is 21.8. The first kappa shape index (κ1) is 10.4. The maximum atomic E-state index is 13.1. The van der Waals surface area contributed by atoms with Crippen molar-refractivity contribution >= 4 is 12.3 Å². The molecule has 1 aromatic carbocycles. The number of methoxy groups -OCH3 is 1. The summed E-state index contributed by atoms with van der Waals surface area (Å²) in [6.07, 6.45) is 0.499. The van der Waals surface area contributed by atoms with Crippen molar-refractivity contribution in [3.63, 3.8) is 0 Å². The highest BCUT2D eigenvalue weighted by atomic mass is 19.1. The van der Waals surface area contributed by atoms with Crippen molar-refractivity contribution in [2.45, 2.75) is 6.92 Å². The largest absolute Gasteiger partial charge is 0.465 e. The number of hydrogen-bond donors (Lipinski definition) is 0. The van der Waals surface area contributed by atoms with Gasteiger partial charge in [0, 0.05) is 5.56 Å². The first-order chi connectivity index (χ1) is 6.61. The summed E-state index contributed by atoms with van der Waals surface area (Å²) >= 11 is 0. The fraction of sp³-hybridized carbons (Fsp3) is 0.200. The summed E-state index contributed by atoms with van der Waals surface area (Å²) < 4.78 is 17.5. The number of esters is 1. The Labute approximate surface area is 80.5 Å². The van der Waals surface area contributed by atoms with E-state index < -0.39 is 11.8 Å². The van der Waals surface area contributed by atoms with E-state index in [0.717, 1.165) is 6.07 Å². The zero-order valence-corrected chi connectivity index (χ0v) is 7.83. The molecule has 0 aromatic heterocycles. The molecule has 0 saturated heterocycles. The lowest BCUT2D eigenvalue weighted by Crippen LogP contribution is -2.09. The maximum Gasteiger partial charge on any atom is 0.338 e. The van der Waals surface area contributed by atoms with E-state index in [0.29, 0.717) is 6.29 Å². The Bertz CT molecular complexity index is 385. The molecule has 0 N–H and O–H groups in total. The second kappa shape index (κ2) is 4.00. The second-order valence-corrected chi connectivity index (χ2v) is 2.75. The van der Waals surface area contributed by atoms with Crippen LogP contribution in [0.4, 0.5) is 4.39 Å². The molecule has 3 nitrogen and oxygen atoms in total. The van der Waals surface area contributed by atoms with Crippen molar-refractivity contribution in [1.82, 2.24) is 0 Å². The average molecular weight is 196 g/mol. The Morgan fingerprint density at radius 2 is 2.14 bits per heavy atom. The summed E-state index contributed by atoms with van der Waals surface area (Å²) in [6, 6.07) is 2.40. The number of ether oxygens (including phenoxy) is 1. The molecule has 74 valence electrons. The van der Waals surface area contributed by atoms with Crippen LogP contribution in [0.1, 0.15) is 26.3 Å². The number of rotatable bonds is 2. The zero-order valence-electron chi connectivity index (χ0n) is 7.83. The molecular weight excluding hydrogens is 187 g/mol. The predicted molar refractivity (Wildman–Crippen MR) is 47.9 cm³/mol. The maximum absolute atomic E-state index is 13.1. The highest BCUT2D eigenvalue weighted by molar-refractivity contribution is 5.99. The number of halogens is 1. The third kappa shape index (κ3) is 1.64. The molecule has 0 aliphatic carbocycles. The van der Waals surface area contributed by atoms with E-state index in [9.17, 15) is 14.0 Å². The molecule has 0 unspecified atom stereocenters. The Balaban J connectivity index is 3.42. The number of carbonyl (C=O) groups excluding carboxylic acids is 2. The highest BCUT2D eigenvalue weighted by Crippen LogP contribution is 2.17. The summed E-state index contributed by atoms with van der Waals surface area (Å²) in [5.41, 5.74) is 0.250. The molecule has 4 heteroatoms. The SMILES string of the molecule is COC(=O)c1c(C=O)ccc(F)c1C. The van der Waals surface area contributed by atoms with Gasteiger partial charge in [0.25, 0.3) is 0 Å². The van der Waals surface area contributed by atoms with Gasteiger partial charge < -0.3 is 4.74 Å². The third-order valence-electron chi connectivity index (χ3n) is 1.95. The zero-order chi connectivity index (χ0) is 10.7. The number of benzene rings is 1. The normalized spacial score (nSPS) is 9.64. The smallest absolute Gasteiger partial charge is 0.338 e. The molecule has 1 aromatic rings. The molecule has 0 aliphatic rings. The van der Waals surface area contributed by atoms with E-state index in [2.05, 4.69) is 4.74 Å². The van der Waals surface area contributed by atoms with Gasteiger partial charge in [-0.2, -0.15) is 0 Å². The van der Waals surface area contributed by atoms with Gasteiger partial charge in [0.2, 0.25) is 0 Å². The predicted octanol–water partition coefficient (Wildman–Crippen LogP) is 1.73. The lowest BCUT2D eigenvalue weighted by Gasteiger charge is -2.06. The summed E-state index contributed by atoms with van der Waals surface area (Å²) in [5, 5.41) is 0. The molecule has 0 heterocycles. The molecule has 0 fully saturated rings. The van der Waals surface area contributed by atoms with Crippen LogP contribution in [-0.2, 0) is 4.74 Å². The summed E-state index contributed by atoms with van der Waals surface area (Å²) in [6.45, 7) is 1.43. The lowest BCUT2D eigenvalue weighted by molar-refractivity contribution is 0.0597. The first-order valence-corrected chi connectivity index (χ1v) is 3.94.